The summed E-state index contributed by atoms with van der Waals surface area (Å²) in [6, 6.07) is 0. The van der Waals surface area contributed by atoms with Gasteiger partial charge in [-0.2, -0.15) is 0 Å². The smallest absolute Gasteiger partial charge is 0.330 e. The number of esters is 1. The largest absolute Gasteiger partial charge is 0.466 e. The van der Waals surface area contributed by atoms with Crippen LogP contribution in [0.15, 0.2) is 23.3 Å². The second-order valence-corrected chi connectivity index (χ2v) is 10.5. The fraction of sp³-hybridized carbons (Fsp3) is 0.727. The predicted octanol–water partition coefficient (Wildman–Crippen LogP) is 3.96. The minimum atomic E-state index is -0.419. The second kappa shape index (κ2) is 6.55. The molecular formula is C22H29BrO4. The fourth-order valence-corrected chi connectivity index (χ4v) is 7.80. The molecule has 0 aromatic carbocycles. The SMILES string of the molecule is COC(=O)/C=C1/CCC2C3CCC4=CC(=O)C(Br)CC4(C)C3C(O)CC12C. The van der Waals surface area contributed by atoms with E-state index in [1.54, 1.807) is 6.08 Å². The van der Waals surface area contributed by atoms with Crippen LogP contribution < -0.4 is 0 Å². The number of alkyl halides is 1. The van der Waals surface area contributed by atoms with Crippen molar-refractivity contribution in [2.24, 2.45) is 28.6 Å². The van der Waals surface area contributed by atoms with Gasteiger partial charge in [0, 0.05) is 6.08 Å². The lowest BCUT2D eigenvalue weighted by Gasteiger charge is -2.59. The zero-order valence-electron chi connectivity index (χ0n) is 16.3. The van der Waals surface area contributed by atoms with Gasteiger partial charge in [-0.3, -0.25) is 4.79 Å². The Balaban J connectivity index is 1.71. The molecular weight excluding hydrogens is 408 g/mol. The highest BCUT2D eigenvalue weighted by Crippen LogP contribution is 2.66. The monoisotopic (exact) mass is 436 g/mol. The molecule has 4 aliphatic carbocycles. The number of aliphatic hydroxyl groups excluding tert-OH is 1. The van der Waals surface area contributed by atoms with Gasteiger partial charge in [-0.15, -0.1) is 0 Å². The first kappa shape index (κ1) is 19.4. The van der Waals surface area contributed by atoms with Crippen LogP contribution in [0.4, 0.5) is 0 Å². The third-order valence-electron chi connectivity index (χ3n) is 8.24. The Bertz CT molecular complexity index is 741. The van der Waals surface area contributed by atoms with Crippen LogP contribution in [0, 0.1) is 28.6 Å². The number of allylic oxidation sites excluding steroid dienone is 2. The summed E-state index contributed by atoms with van der Waals surface area (Å²) in [7, 11) is 1.41. The van der Waals surface area contributed by atoms with Crippen molar-refractivity contribution in [3.8, 4) is 0 Å². The number of aliphatic hydroxyl groups is 1. The van der Waals surface area contributed by atoms with Crippen molar-refractivity contribution in [3.63, 3.8) is 0 Å². The molecule has 148 valence electrons. The fourth-order valence-electron chi connectivity index (χ4n) is 7.00. The molecule has 3 fully saturated rings. The second-order valence-electron chi connectivity index (χ2n) is 9.42. The molecule has 4 nitrogen and oxygen atoms in total. The van der Waals surface area contributed by atoms with Crippen LogP contribution in [0.25, 0.3) is 0 Å². The van der Waals surface area contributed by atoms with E-state index in [4.69, 9.17) is 4.74 Å². The summed E-state index contributed by atoms with van der Waals surface area (Å²) in [5.41, 5.74) is 2.11. The molecule has 0 aliphatic heterocycles. The van der Waals surface area contributed by atoms with Gasteiger partial charge >= 0.3 is 5.97 Å². The minimum absolute atomic E-state index is 0.124. The number of ether oxygens (including phenoxy) is 1. The van der Waals surface area contributed by atoms with Crippen molar-refractivity contribution >= 4 is 27.7 Å². The van der Waals surface area contributed by atoms with Gasteiger partial charge in [0.1, 0.15) is 0 Å². The number of ketones is 1. The number of methoxy groups -OCH3 is 1. The molecule has 0 aromatic heterocycles. The maximum absolute atomic E-state index is 12.2. The van der Waals surface area contributed by atoms with E-state index in [-0.39, 0.29) is 33.3 Å². The number of halogens is 1. The average Bonchev–Trinajstić information content (AvgIpc) is 2.91. The van der Waals surface area contributed by atoms with E-state index in [9.17, 15) is 14.7 Å². The van der Waals surface area contributed by atoms with Crippen LogP contribution in [0.3, 0.4) is 0 Å². The standard InChI is InChI=1S/C22H29BrO4/c1-21-11-18(25)20-14(15(21)7-5-13(21)9-19(26)27-3)6-4-12-8-17(24)16(23)10-22(12,20)2/h8-9,14-16,18,20,25H,4-7,10-11H2,1-3H3/b13-9-. The minimum Gasteiger partial charge on any atom is -0.466 e. The van der Waals surface area contributed by atoms with Crippen LogP contribution in [0.1, 0.15) is 52.4 Å². The van der Waals surface area contributed by atoms with Gasteiger partial charge in [-0.1, -0.05) is 40.9 Å². The molecule has 5 heteroatoms. The quantitative estimate of drug-likeness (QED) is 0.383. The molecule has 7 atom stereocenters. The maximum Gasteiger partial charge on any atom is 0.330 e. The summed E-state index contributed by atoms with van der Waals surface area (Å²) in [5.74, 6) is 0.961. The first-order chi connectivity index (χ1) is 12.7. The van der Waals surface area contributed by atoms with Crippen LogP contribution >= 0.6 is 15.9 Å². The van der Waals surface area contributed by atoms with Crippen molar-refractivity contribution in [2.45, 2.75) is 63.3 Å². The van der Waals surface area contributed by atoms with Gasteiger partial charge in [0.05, 0.1) is 18.0 Å². The summed E-state index contributed by atoms with van der Waals surface area (Å²) >= 11 is 3.56. The van der Waals surface area contributed by atoms with Gasteiger partial charge in [0.25, 0.3) is 0 Å². The topological polar surface area (TPSA) is 63.6 Å². The average molecular weight is 437 g/mol. The molecule has 3 saturated carbocycles. The number of carbonyl (C=O) groups excluding carboxylic acids is 2. The summed E-state index contributed by atoms with van der Waals surface area (Å²) < 4.78 is 4.86. The molecule has 0 heterocycles. The number of rotatable bonds is 1. The maximum atomic E-state index is 12.2. The molecule has 7 unspecified atom stereocenters. The lowest BCUT2D eigenvalue weighted by Crippen LogP contribution is -2.56. The highest BCUT2D eigenvalue weighted by Gasteiger charge is 2.61. The van der Waals surface area contributed by atoms with Gasteiger partial charge in [0.15, 0.2) is 5.78 Å². The molecule has 0 aromatic rings. The molecule has 0 amide bonds. The van der Waals surface area contributed by atoms with Gasteiger partial charge < -0.3 is 9.84 Å². The van der Waals surface area contributed by atoms with E-state index in [1.807, 2.05) is 6.08 Å². The Kier molecular flexibility index (Phi) is 4.70. The zero-order chi connectivity index (χ0) is 19.6. The molecule has 4 aliphatic rings. The van der Waals surface area contributed by atoms with Crippen LogP contribution in [-0.4, -0.2) is 34.9 Å². The van der Waals surface area contributed by atoms with E-state index in [0.717, 1.165) is 37.7 Å². The number of fused-ring (bicyclic) bond motifs is 5. The van der Waals surface area contributed by atoms with Crippen molar-refractivity contribution < 1.29 is 19.4 Å². The highest BCUT2D eigenvalue weighted by molar-refractivity contribution is 9.10. The highest BCUT2D eigenvalue weighted by atomic mass is 79.9. The van der Waals surface area contributed by atoms with Crippen molar-refractivity contribution in [1.29, 1.82) is 0 Å². The number of carbonyl (C=O) groups is 2. The van der Waals surface area contributed by atoms with Crippen molar-refractivity contribution in [2.75, 3.05) is 7.11 Å². The van der Waals surface area contributed by atoms with Gasteiger partial charge in [-0.05, 0) is 73.2 Å². The van der Waals surface area contributed by atoms with E-state index in [0.29, 0.717) is 18.3 Å². The van der Waals surface area contributed by atoms with Gasteiger partial charge in [-0.25, -0.2) is 4.79 Å². The van der Waals surface area contributed by atoms with Crippen molar-refractivity contribution in [1.82, 2.24) is 0 Å². The molecule has 0 spiro atoms. The van der Waals surface area contributed by atoms with Crippen LogP contribution in [0.5, 0.6) is 0 Å². The number of hydrogen-bond acceptors (Lipinski definition) is 4. The third kappa shape index (κ3) is 2.79. The van der Waals surface area contributed by atoms with E-state index < -0.39 is 6.10 Å². The first-order valence-electron chi connectivity index (χ1n) is 10.1. The predicted molar refractivity (Wildman–Crippen MR) is 106 cm³/mol. The lowest BCUT2D eigenvalue weighted by molar-refractivity contribution is -0.135. The normalized spacial score (nSPS) is 47.7. The zero-order valence-corrected chi connectivity index (χ0v) is 17.9. The summed E-state index contributed by atoms with van der Waals surface area (Å²) in [6.45, 7) is 4.48. The Morgan fingerprint density at radius 3 is 2.70 bits per heavy atom. The number of hydrogen-bond donors (Lipinski definition) is 1. The van der Waals surface area contributed by atoms with Gasteiger partial charge in [0.2, 0.25) is 0 Å². The summed E-state index contributed by atoms with van der Waals surface area (Å²) in [4.78, 5) is 23.9. The Morgan fingerprint density at radius 1 is 1.26 bits per heavy atom. The molecule has 27 heavy (non-hydrogen) atoms. The Labute approximate surface area is 169 Å². The van der Waals surface area contributed by atoms with Crippen LogP contribution in [-0.2, 0) is 14.3 Å². The van der Waals surface area contributed by atoms with E-state index in [2.05, 4.69) is 29.8 Å². The summed E-state index contributed by atoms with van der Waals surface area (Å²) in [5, 5.41) is 11.3. The van der Waals surface area contributed by atoms with E-state index >= 15 is 0 Å². The van der Waals surface area contributed by atoms with Crippen LogP contribution in [0.2, 0.25) is 0 Å². The van der Waals surface area contributed by atoms with E-state index in [1.165, 1.54) is 12.7 Å². The lowest BCUT2D eigenvalue weighted by atomic mass is 9.46. The molecule has 1 N–H and O–H groups in total. The summed E-state index contributed by atoms with van der Waals surface area (Å²) in [6.07, 6.45) is 8.48. The van der Waals surface area contributed by atoms with Crippen molar-refractivity contribution in [3.05, 3.63) is 23.3 Å². The molecule has 0 bridgehead atoms. The molecule has 0 radical (unpaired) electrons. The molecule has 0 saturated heterocycles. The molecule has 4 rings (SSSR count). The first-order valence-corrected chi connectivity index (χ1v) is 11.0. The Morgan fingerprint density at radius 2 is 2.00 bits per heavy atom. The third-order valence-corrected chi connectivity index (χ3v) is 9.02. The Hall–Kier alpha value is -0.940.